The molecule has 0 saturated carbocycles. The summed E-state index contributed by atoms with van der Waals surface area (Å²) in [5.74, 6) is 1.23. The van der Waals surface area contributed by atoms with E-state index < -0.39 is 0 Å². The molecule has 0 aliphatic rings. The van der Waals surface area contributed by atoms with E-state index >= 15 is 0 Å². The van der Waals surface area contributed by atoms with Crippen molar-refractivity contribution in [1.82, 2.24) is 20.2 Å². The van der Waals surface area contributed by atoms with E-state index in [1.54, 1.807) is 11.7 Å². The number of hydrogen-bond acceptors (Lipinski definition) is 4. The summed E-state index contributed by atoms with van der Waals surface area (Å²) in [4.78, 5) is 0. The number of aliphatic hydroxyl groups excluding tert-OH is 1. The Bertz CT molecular complexity index is 258. The lowest BCUT2D eigenvalue weighted by Crippen LogP contribution is -2.16. The molecule has 0 bridgehead atoms. The second kappa shape index (κ2) is 4.32. The maximum absolute atomic E-state index is 9.61. The van der Waals surface area contributed by atoms with E-state index in [1.165, 1.54) is 0 Å². The number of aromatic nitrogens is 4. The van der Waals surface area contributed by atoms with E-state index in [2.05, 4.69) is 29.4 Å². The van der Waals surface area contributed by atoms with Gasteiger partial charge in [0.25, 0.3) is 0 Å². The molecule has 1 aromatic rings. The summed E-state index contributed by atoms with van der Waals surface area (Å²) in [5, 5.41) is 20.6. The van der Waals surface area contributed by atoms with Gasteiger partial charge in [0.1, 0.15) is 0 Å². The molecule has 1 unspecified atom stereocenters. The first-order chi connectivity index (χ1) is 6.09. The van der Waals surface area contributed by atoms with Crippen molar-refractivity contribution in [2.24, 2.45) is 13.0 Å². The van der Waals surface area contributed by atoms with Gasteiger partial charge in [-0.25, -0.2) is 4.68 Å². The molecular weight excluding hydrogens is 168 g/mol. The van der Waals surface area contributed by atoms with Gasteiger partial charge in [-0.1, -0.05) is 13.8 Å². The molecule has 1 rings (SSSR count). The molecule has 0 saturated heterocycles. The van der Waals surface area contributed by atoms with Crippen molar-refractivity contribution in [3.05, 3.63) is 5.82 Å². The van der Waals surface area contributed by atoms with Gasteiger partial charge in [0, 0.05) is 13.5 Å². The summed E-state index contributed by atoms with van der Waals surface area (Å²) in [6, 6.07) is 0. The van der Waals surface area contributed by atoms with E-state index in [1.807, 2.05) is 0 Å². The quantitative estimate of drug-likeness (QED) is 0.724. The van der Waals surface area contributed by atoms with Gasteiger partial charge in [-0.3, -0.25) is 0 Å². The number of hydrogen-bond donors (Lipinski definition) is 1. The lowest BCUT2D eigenvalue weighted by molar-refractivity contribution is 0.145. The highest BCUT2D eigenvalue weighted by Gasteiger charge is 2.11. The summed E-state index contributed by atoms with van der Waals surface area (Å²) >= 11 is 0. The van der Waals surface area contributed by atoms with Crippen LogP contribution < -0.4 is 0 Å². The monoisotopic (exact) mass is 184 g/mol. The van der Waals surface area contributed by atoms with Crippen molar-refractivity contribution < 1.29 is 5.11 Å². The Morgan fingerprint density at radius 3 is 2.62 bits per heavy atom. The molecule has 0 spiro atoms. The van der Waals surface area contributed by atoms with Crippen LogP contribution in [0.2, 0.25) is 0 Å². The smallest absolute Gasteiger partial charge is 0.153 e. The fourth-order valence-corrected chi connectivity index (χ4v) is 1.26. The highest BCUT2D eigenvalue weighted by molar-refractivity contribution is 4.83. The van der Waals surface area contributed by atoms with Crippen LogP contribution in [0.1, 0.15) is 26.1 Å². The largest absolute Gasteiger partial charge is 0.393 e. The molecule has 5 nitrogen and oxygen atoms in total. The van der Waals surface area contributed by atoms with Crippen LogP contribution in [0.25, 0.3) is 0 Å². The predicted octanol–water partition coefficient (Wildman–Crippen LogP) is 0.160. The third-order valence-electron chi connectivity index (χ3n) is 1.87. The second-order valence-corrected chi connectivity index (χ2v) is 3.71. The van der Waals surface area contributed by atoms with E-state index in [4.69, 9.17) is 0 Å². The van der Waals surface area contributed by atoms with E-state index in [-0.39, 0.29) is 6.10 Å². The summed E-state index contributed by atoms with van der Waals surface area (Å²) in [7, 11) is 1.78. The lowest BCUT2D eigenvalue weighted by atomic mass is 10.0. The number of aliphatic hydroxyl groups is 1. The molecular formula is C8H16N4O. The van der Waals surface area contributed by atoms with Crippen LogP contribution in [0.3, 0.4) is 0 Å². The first kappa shape index (κ1) is 10.1. The van der Waals surface area contributed by atoms with E-state index in [0.717, 1.165) is 12.2 Å². The van der Waals surface area contributed by atoms with Crippen molar-refractivity contribution in [2.75, 3.05) is 0 Å². The average molecular weight is 184 g/mol. The molecule has 74 valence electrons. The van der Waals surface area contributed by atoms with E-state index in [9.17, 15) is 5.11 Å². The van der Waals surface area contributed by atoms with E-state index in [0.29, 0.717) is 12.3 Å². The predicted molar refractivity (Wildman–Crippen MR) is 48.0 cm³/mol. The summed E-state index contributed by atoms with van der Waals surface area (Å²) in [6.07, 6.45) is 0.971. The Morgan fingerprint density at radius 2 is 2.15 bits per heavy atom. The van der Waals surface area contributed by atoms with Crippen LogP contribution in [0.5, 0.6) is 0 Å². The maximum atomic E-state index is 9.61. The molecule has 5 heteroatoms. The van der Waals surface area contributed by atoms with Gasteiger partial charge in [-0.05, 0) is 22.8 Å². The zero-order valence-corrected chi connectivity index (χ0v) is 8.30. The van der Waals surface area contributed by atoms with Crippen LogP contribution in [-0.4, -0.2) is 31.4 Å². The SMILES string of the molecule is CC(C)CC(O)Cc1nnnn1C. The van der Waals surface area contributed by atoms with Gasteiger partial charge in [0.2, 0.25) is 0 Å². The number of tetrazole rings is 1. The molecule has 0 amide bonds. The minimum Gasteiger partial charge on any atom is -0.393 e. The Kier molecular flexibility index (Phi) is 3.36. The number of rotatable bonds is 4. The van der Waals surface area contributed by atoms with Crippen molar-refractivity contribution in [3.63, 3.8) is 0 Å². The zero-order chi connectivity index (χ0) is 9.84. The normalized spacial score (nSPS) is 13.6. The molecule has 0 aliphatic heterocycles. The summed E-state index contributed by atoms with van der Waals surface area (Å²) in [6.45, 7) is 4.16. The van der Waals surface area contributed by atoms with Gasteiger partial charge in [-0.2, -0.15) is 0 Å². The Morgan fingerprint density at radius 1 is 1.46 bits per heavy atom. The van der Waals surface area contributed by atoms with Gasteiger partial charge in [0.15, 0.2) is 5.82 Å². The lowest BCUT2D eigenvalue weighted by Gasteiger charge is -2.11. The molecule has 1 heterocycles. The van der Waals surface area contributed by atoms with Gasteiger partial charge >= 0.3 is 0 Å². The molecule has 0 aromatic carbocycles. The molecule has 0 radical (unpaired) electrons. The number of aryl methyl sites for hydroxylation is 1. The standard InChI is InChI=1S/C8H16N4O/c1-6(2)4-7(13)5-8-9-10-11-12(8)3/h6-7,13H,4-5H2,1-3H3. The van der Waals surface area contributed by atoms with Crippen LogP contribution in [0.4, 0.5) is 0 Å². The third-order valence-corrected chi connectivity index (χ3v) is 1.87. The summed E-state index contributed by atoms with van der Waals surface area (Å²) in [5.41, 5.74) is 0. The fraction of sp³-hybridized carbons (Fsp3) is 0.875. The van der Waals surface area contributed by atoms with Crippen LogP contribution in [0.15, 0.2) is 0 Å². The van der Waals surface area contributed by atoms with Crippen LogP contribution in [0, 0.1) is 5.92 Å². The average Bonchev–Trinajstić information content (AvgIpc) is 2.34. The van der Waals surface area contributed by atoms with Gasteiger partial charge in [-0.15, -0.1) is 5.10 Å². The van der Waals surface area contributed by atoms with Crippen LogP contribution >= 0.6 is 0 Å². The molecule has 1 atom stereocenters. The highest BCUT2D eigenvalue weighted by atomic mass is 16.3. The minimum absolute atomic E-state index is 0.343. The molecule has 0 aliphatic carbocycles. The molecule has 1 N–H and O–H groups in total. The molecule has 0 fully saturated rings. The minimum atomic E-state index is -0.343. The first-order valence-electron chi connectivity index (χ1n) is 4.49. The second-order valence-electron chi connectivity index (χ2n) is 3.71. The Balaban J connectivity index is 2.45. The fourth-order valence-electron chi connectivity index (χ4n) is 1.26. The van der Waals surface area contributed by atoms with Crippen molar-refractivity contribution in [3.8, 4) is 0 Å². The first-order valence-corrected chi connectivity index (χ1v) is 4.49. The summed E-state index contributed by atoms with van der Waals surface area (Å²) < 4.78 is 1.59. The topological polar surface area (TPSA) is 63.8 Å². The van der Waals surface area contributed by atoms with Crippen molar-refractivity contribution in [2.45, 2.75) is 32.8 Å². The number of nitrogens with zero attached hydrogens (tertiary/aromatic N) is 4. The Labute approximate surface area is 77.8 Å². The van der Waals surface area contributed by atoms with Crippen LogP contribution in [-0.2, 0) is 13.5 Å². The third kappa shape index (κ3) is 3.10. The molecule has 13 heavy (non-hydrogen) atoms. The maximum Gasteiger partial charge on any atom is 0.153 e. The van der Waals surface area contributed by atoms with Crippen molar-refractivity contribution in [1.29, 1.82) is 0 Å². The highest BCUT2D eigenvalue weighted by Crippen LogP contribution is 2.07. The molecule has 1 aromatic heterocycles. The van der Waals surface area contributed by atoms with Gasteiger partial charge < -0.3 is 5.11 Å². The van der Waals surface area contributed by atoms with Crippen molar-refractivity contribution >= 4 is 0 Å². The Hall–Kier alpha value is -0.970. The van der Waals surface area contributed by atoms with Gasteiger partial charge in [0.05, 0.1) is 6.10 Å². The zero-order valence-electron chi connectivity index (χ0n) is 8.30.